The Bertz CT molecular complexity index is 888. The van der Waals surface area contributed by atoms with Gasteiger partial charge in [-0.15, -0.1) is 0 Å². The molecular formula is C17H17NO6S. The van der Waals surface area contributed by atoms with Crippen LogP contribution in [0.2, 0.25) is 0 Å². The van der Waals surface area contributed by atoms with E-state index < -0.39 is 16.0 Å². The van der Waals surface area contributed by atoms with Crippen molar-refractivity contribution in [2.24, 2.45) is 0 Å². The summed E-state index contributed by atoms with van der Waals surface area (Å²) in [4.78, 5) is 10.5. The second kappa shape index (κ2) is 7.71. The standard InChI is InChI=1S/C17H17NO6S/c1-23-15-9-6-13(11-16(15)24-2)18-25(21,22)14-7-3-12(4-8-14)5-10-17(19)20/h3-11,18H,1-2H3,(H,19,20)/b10-5+. The lowest BCUT2D eigenvalue weighted by Gasteiger charge is -2.12. The molecule has 0 fully saturated rings. The molecule has 0 aliphatic rings. The van der Waals surface area contributed by atoms with E-state index in [-0.39, 0.29) is 4.90 Å². The molecule has 0 aromatic heterocycles. The molecule has 2 rings (SSSR count). The van der Waals surface area contributed by atoms with Crippen molar-refractivity contribution >= 4 is 27.8 Å². The van der Waals surface area contributed by atoms with Gasteiger partial charge in [-0.1, -0.05) is 12.1 Å². The Kier molecular flexibility index (Phi) is 5.66. The van der Waals surface area contributed by atoms with Crippen molar-refractivity contribution in [3.63, 3.8) is 0 Å². The van der Waals surface area contributed by atoms with Gasteiger partial charge in [-0.3, -0.25) is 4.72 Å². The number of nitrogens with one attached hydrogen (secondary N) is 1. The van der Waals surface area contributed by atoms with E-state index in [0.717, 1.165) is 6.08 Å². The van der Waals surface area contributed by atoms with Crippen molar-refractivity contribution in [3.05, 3.63) is 54.1 Å². The van der Waals surface area contributed by atoms with E-state index in [0.29, 0.717) is 22.7 Å². The van der Waals surface area contributed by atoms with Gasteiger partial charge in [0.05, 0.1) is 24.8 Å². The van der Waals surface area contributed by atoms with Gasteiger partial charge in [-0.2, -0.15) is 0 Å². The second-order valence-corrected chi connectivity index (χ2v) is 6.60. The normalized spacial score (nSPS) is 11.3. The van der Waals surface area contributed by atoms with E-state index in [1.54, 1.807) is 12.1 Å². The first-order valence-corrected chi connectivity index (χ1v) is 8.60. The summed E-state index contributed by atoms with van der Waals surface area (Å²) in [6.07, 6.45) is 2.35. The Hall–Kier alpha value is -3.00. The molecule has 0 heterocycles. The molecule has 0 saturated heterocycles. The average Bonchev–Trinajstić information content (AvgIpc) is 2.59. The fourth-order valence-corrected chi connectivity index (χ4v) is 3.09. The Morgan fingerprint density at radius 3 is 2.24 bits per heavy atom. The predicted octanol–water partition coefficient (Wildman–Crippen LogP) is 2.60. The van der Waals surface area contributed by atoms with Crippen LogP contribution in [0.15, 0.2) is 53.4 Å². The number of aliphatic carboxylic acids is 1. The lowest BCUT2D eigenvalue weighted by Crippen LogP contribution is -2.13. The van der Waals surface area contributed by atoms with Gasteiger partial charge >= 0.3 is 5.97 Å². The quantitative estimate of drug-likeness (QED) is 0.733. The Morgan fingerprint density at radius 1 is 1.04 bits per heavy atom. The van der Waals surface area contributed by atoms with Gasteiger partial charge in [0.15, 0.2) is 11.5 Å². The van der Waals surface area contributed by atoms with E-state index in [4.69, 9.17) is 14.6 Å². The van der Waals surface area contributed by atoms with Crippen LogP contribution in [0, 0.1) is 0 Å². The third kappa shape index (κ3) is 4.74. The van der Waals surface area contributed by atoms with Gasteiger partial charge in [0, 0.05) is 12.1 Å². The van der Waals surface area contributed by atoms with E-state index in [1.165, 1.54) is 50.6 Å². The Labute approximate surface area is 145 Å². The van der Waals surface area contributed by atoms with Crippen molar-refractivity contribution < 1.29 is 27.8 Å². The number of ether oxygens (including phenoxy) is 2. The van der Waals surface area contributed by atoms with Crippen LogP contribution in [0.3, 0.4) is 0 Å². The van der Waals surface area contributed by atoms with Crippen LogP contribution in [0.1, 0.15) is 5.56 Å². The highest BCUT2D eigenvalue weighted by atomic mass is 32.2. The minimum atomic E-state index is -3.79. The lowest BCUT2D eigenvalue weighted by atomic mass is 10.2. The summed E-state index contributed by atoms with van der Waals surface area (Å²) in [7, 11) is -0.847. The molecular weight excluding hydrogens is 346 g/mol. The number of carbonyl (C=O) groups is 1. The first kappa shape index (κ1) is 18.3. The highest BCUT2D eigenvalue weighted by molar-refractivity contribution is 7.92. The number of carboxylic acids is 1. The number of sulfonamides is 1. The Balaban J connectivity index is 2.23. The second-order valence-electron chi connectivity index (χ2n) is 4.92. The van der Waals surface area contributed by atoms with Crippen LogP contribution in [-0.4, -0.2) is 33.7 Å². The molecule has 2 aromatic rings. The third-order valence-electron chi connectivity index (χ3n) is 3.24. The summed E-state index contributed by atoms with van der Waals surface area (Å²) in [5.41, 5.74) is 0.903. The van der Waals surface area contributed by atoms with E-state index in [2.05, 4.69) is 4.72 Å². The fourth-order valence-electron chi connectivity index (χ4n) is 2.04. The minimum Gasteiger partial charge on any atom is -0.493 e. The molecule has 0 bridgehead atoms. The summed E-state index contributed by atoms with van der Waals surface area (Å²) in [5.74, 6) is -0.191. The summed E-state index contributed by atoms with van der Waals surface area (Å²) in [6, 6.07) is 10.5. The molecule has 2 aromatic carbocycles. The molecule has 25 heavy (non-hydrogen) atoms. The van der Waals surface area contributed by atoms with Crippen molar-refractivity contribution in [3.8, 4) is 11.5 Å². The monoisotopic (exact) mass is 363 g/mol. The molecule has 0 saturated carbocycles. The number of carboxylic acid groups (broad SMARTS) is 1. The first-order valence-electron chi connectivity index (χ1n) is 7.11. The molecule has 0 spiro atoms. The molecule has 2 N–H and O–H groups in total. The topological polar surface area (TPSA) is 102 Å². The number of benzene rings is 2. The Morgan fingerprint density at radius 2 is 1.68 bits per heavy atom. The van der Waals surface area contributed by atoms with Crippen molar-refractivity contribution in [2.45, 2.75) is 4.90 Å². The first-order chi connectivity index (χ1) is 11.9. The number of hydrogen-bond acceptors (Lipinski definition) is 5. The highest BCUT2D eigenvalue weighted by Crippen LogP contribution is 2.30. The molecule has 0 aliphatic carbocycles. The molecule has 0 unspecified atom stereocenters. The van der Waals surface area contributed by atoms with Gasteiger partial charge < -0.3 is 14.6 Å². The average molecular weight is 363 g/mol. The van der Waals surface area contributed by atoms with Crippen molar-refractivity contribution in [1.82, 2.24) is 0 Å². The van der Waals surface area contributed by atoms with Gasteiger partial charge in [-0.25, -0.2) is 13.2 Å². The molecule has 8 heteroatoms. The van der Waals surface area contributed by atoms with Crippen molar-refractivity contribution in [1.29, 1.82) is 0 Å². The lowest BCUT2D eigenvalue weighted by molar-refractivity contribution is -0.131. The van der Waals surface area contributed by atoms with Crippen LogP contribution < -0.4 is 14.2 Å². The minimum absolute atomic E-state index is 0.0507. The molecule has 0 atom stereocenters. The zero-order chi connectivity index (χ0) is 18.4. The fraction of sp³-hybridized carbons (Fsp3) is 0.118. The number of anilines is 1. The zero-order valence-corrected chi connectivity index (χ0v) is 14.4. The molecule has 132 valence electrons. The van der Waals surface area contributed by atoms with Gasteiger partial charge in [0.25, 0.3) is 10.0 Å². The summed E-state index contributed by atoms with van der Waals surface area (Å²) in [6.45, 7) is 0. The zero-order valence-electron chi connectivity index (χ0n) is 13.6. The van der Waals surface area contributed by atoms with Crippen LogP contribution in [0.4, 0.5) is 5.69 Å². The maximum Gasteiger partial charge on any atom is 0.328 e. The molecule has 0 radical (unpaired) electrons. The predicted molar refractivity (Wildman–Crippen MR) is 93.5 cm³/mol. The maximum absolute atomic E-state index is 12.4. The van der Waals surface area contributed by atoms with Crippen LogP contribution in [0.5, 0.6) is 11.5 Å². The maximum atomic E-state index is 12.4. The van der Waals surface area contributed by atoms with E-state index in [1.807, 2.05) is 0 Å². The SMILES string of the molecule is COc1ccc(NS(=O)(=O)c2ccc(/C=C/C(=O)O)cc2)cc1OC. The smallest absolute Gasteiger partial charge is 0.328 e. The summed E-state index contributed by atoms with van der Waals surface area (Å²) >= 11 is 0. The number of methoxy groups -OCH3 is 2. The number of hydrogen-bond donors (Lipinski definition) is 2. The third-order valence-corrected chi connectivity index (χ3v) is 4.64. The van der Waals surface area contributed by atoms with Gasteiger partial charge in [0.1, 0.15) is 0 Å². The van der Waals surface area contributed by atoms with E-state index in [9.17, 15) is 13.2 Å². The van der Waals surface area contributed by atoms with Crippen LogP contribution >= 0.6 is 0 Å². The summed E-state index contributed by atoms with van der Waals surface area (Å²) < 4.78 is 37.6. The molecule has 0 amide bonds. The van der Waals surface area contributed by atoms with Gasteiger partial charge in [-0.05, 0) is 35.9 Å². The largest absolute Gasteiger partial charge is 0.493 e. The van der Waals surface area contributed by atoms with Crippen LogP contribution in [-0.2, 0) is 14.8 Å². The number of rotatable bonds is 7. The molecule has 7 nitrogen and oxygen atoms in total. The highest BCUT2D eigenvalue weighted by Gasteiger charge is 2.15. The van der Waals surface area contributed by atoms with Crippen LogP contribution in [0.25, 0.3) is 6.08 Å². The van der Waals surface area contributed by atoms with E-state index >= 15 is 0 Å². The summed E-state index contributed by atoms with van der Waals surface area (Å²) in [5, 5.41) is 8.59. The van der Waals surface area contributed by atoms with Gasteiger partial charge in [0.2, 0.25) is 0 Å². The van der Waals surface area contributed by atoms with Crippen molar-refractivity contribution in [2.75, 3.05) is 18.9 Å². The molecule has 0 aliphatic heterocycles.